The van der Waals surface area contributed by atoms with E-state index in [-0.39, 0.29) is 23.4 Å². The first-order chi connectivity index (χ1) is 13.4. The number of phenols is 1. The Balaban J connectivity index is 1.78. The minimum absolute atomic E-state index is 0.111. The predicted octanol–water partition coefficient (Wildman–Crippen LogP) is 4.43. The average molecular weight is 400 g/mol. The van der Waals surface area contributed by atoms with Crippen LogP contribution in [0.3, 0.4) is 0 Å². The summed E-state index contributed by atoms with van der Waals surface area (Å²) >= 11 is 6.26. The SMILES string of the molecule is C[C@@H]1CN(Cc2c(O)ccc3c(=O)c(-c4ccccc4Cl)coc23)C[C@@H](C)O1. The van der Waals surface area contributed by atoms with Gasteiger partial charge >= 0.3 is 0 Å². The van der Waals surface area contributed by atoms with E-state index in [1.807, 2.05) is 26.0 Å². The Labute approximate surface area is 168 Å². The van der Waals surface area contributed by atoms with E-state index in [2.05, 4.69) is 4.90 Å². The molecule has 6 heteroatoms. The van der Waals surface area contributed by atoms with E-state index < -0.39 is 0 Å². The number of morpholine rings is 1. The molecule has 2 heterocycles. The highest BCUT2D eigenvalue weighted by Gasteiger charge is 2.24. The van der Waals surface area contributed by atoms with Gasteiger partial charge in [-0.3, -0.25) is 9.69 Å². The van der Waals surface area contributed by atoms with Crippen LogP contribution in [-0.4, -0.2) is 35.3 Å². The molecular formula is C22H22ClNO4. The minimum atomic E-state index is -0.167. The number of phenolic OH excluding ortho intramolecular Hbond substituents is 1. The molecule has 2 atom stereocenters. The number of halogens is 1. The van der Waals surface area contributed by atoms with Gasteiger partial charge in [0.2, 0.25) is 5.43 Å². The maximum atomic E-state index is 13.1. The third kappa shape index (κ3) is 3.53. The second-order valence-corrected chi connectivity index (χ2v) is 7.76. The van der Waals surface area contributed by atoms with Crippen LogP contribution in [0.4, 0.5) is 0 Å². The lowest BCUT2D eigenvalue weighted by molar-refractivity contribution is -0.0705. The predicted molar refractivity (Wildman–Crippen MR) is 110 cm³/mol. The van der Waals surface area contributed by atoms with Crippen LogP contribution < -0.4 is 5.43 Å². The van der Waals surface area contributed by atoms with Gasteiger partial charge in [0, 0.05) is 30.2 Å². The Morgan fingerprint density at radius 1 is 1.11 bits per heavy atom. The van der Waals surface area contributed by atoms with Crippen molar-refractivity contribution < 1.29 is 14.3 Å². The highest BCUT2D eigenvalue weighted by atomic mass is 35.5. The number of ether oxygens (including phenoxy) is 1. The van der Waals surface area contributed by atoms with E-state index in [0.717, 1.165) is 13.1 Å². The molecule has 4 rings (SSSR count). The zero-order valence-corrected chi connectivity index (χ0v) is 16.6. The number of benzene rings is 2. The molecule has 0 amide bonds. The molecule has 2 aromatic carbocycles. The summed E-state index contributed by atoms with van der Waals surface area (Å²) in [5, 5.41) is 11.4. The van der Waals surface area contributed by atoms with Crippen molar-refractivity contribution in [2.75, 3.05) is 13.1 Å². The van der Waals surface area contributed by atoms with Crippen molar-refractivity contribution in [2.45, 2.75) is 32.6 Å². The maximum absolute atomic E-state index is 13.1. The number of aromatic hydroxyl groups is 1. The van der Waals surface area contributed by atoms with Crippen LogP contribution in [0, 0.1) is 0 Å². The Morgan fingerprint density at radius 2 is 1.82 bits per heavy atom. The number of rotatable bonds is 3. The molecular weight excluding hydrogens is 378 g/mol. The van der Waals surface area contributed by atoms with Gasteiger partial charge in [-0.2, -0.15) is 0 Å². The van der Waals surface area contributed by atoms with Crippen LogP contribution in [-0.2, 0) is 11.3 Å². The van der Waals surface area contributed by atoms with Crippen LogP contribution in [0.1, 0.15) is 19.4 Å². The first-order valence-corrected chi connectivity index (χ1v) is 9.71. The Hall–Kier alpha value is -2.34. The molecule has 0 unspecified atom stereocenters. The third-order valence-corrected chi connectivity index (χ3v) is 5.39. The van der Waals surface area contributed by atoms with Crippen LogP contribution in [0.5, 0.6) is 5.75 Å². The third-order valence-electron chi connectivity index (χ3n) is 5.06. The summed E-state index contributed by atoms with van der Waals surface area (Å²) in [5.74, 6) is 0.118. The maximum Gasteiger partial charge on any atom is 0.200 e. The zero-order chi connectivity index (χ0) is 19.8. The smallest absolute Gasteiger partial charge is 0.200 e. The van der Waals surface area contributed by atoms with Crippen molar-refractivity contribution in [3.05, 3.63) is 63.5 Å². The van der Waals surface area contributed by atoms with Crippen molar-refractivity contribution in [3.63, 3.8) is 0 Å². The molecule has 3 aromatic rings. The molecule has 5 nitrogen and oxygen atoms in total. The minimum Gasteiger partial charge on any atom is -0.507 e. The van der Waals surface area contributed by atoms with Gasteiger partial charge in [0.05, 0.1) is 28.7 Å². The van der Waals surface area contributed by atoms with E-state index in [1.165, 1.54) is 6.26 Å². The molecule has 0 spiro atoms. The van der Waals surface area contributed by atoms with Crippen LogP contribution in [0.15, 0.2) is 51.9 Å². The van der Waals surface area contributed by atoms with Gasteiger partial charge in [-0.15, -0.1) is 0 Å². The van der Waals surface area contributed by atoms with Gasteiger partial charge in [0.1, 0.15) is 17.6 Å². The van der Waals surface area contributed by atoms with Crippen molar-refractivity contribution in [3.8, 4) is 16.9 Å². The van der Waals surface area contributed by atoms with Gasteiger partial charge in [-0.1, -0.05) is 29.8 Å². The summed E-state index contributed by atoms with van der Waals surface area (Å²) in [7, 11) is 0. The molecule has 146 valence electrons. The number of hydrogen-bond donors (Lipinski definition) is 1. The summed E-state index contributed by atoms with van der Waals surface area (Å²) in [5.41, 5.74) is 1.89. The van der Waals surface area contributed by atoms with Gasteiger partial charge in [0.15, 0.2) is 0 Å². The fraction of sp³-hybridized carbons (Fsp3) is 0.318. The summed E-state index contributed by atoms with van der Waals surface area (Å²) < 4.78 is 11.6. The Bertz CT molecular complexity index is 1070. The number of hydrogen-bond acceptors (Lipinski definition) is 5. The second kappa shape index (κ2) is 7.59. The highest BCUT2D eigenvalue weighted by molar-refractivity contribution is 6.33. The van der Waals surface area contributed by atoms with Crippen molar-refractivity contribution in [2.24, 2.45) is 0 Å². The molecule has 1 fully saturated rings. The fourth-order valence-electron chi connectivity index (χ4n) is 3.90. The van der Waals surface area contributed by atoms with Crippen molar-refractivity contribution >= 4 is 22.6 Å². The average Bonchev–Trinajstić information content (AvgIpc) is 2.64. The van der Waals surface area contributed by atoms with E-state index in [1.54, 1.807) is 24.3 Å². The largest absolute Gasteiger partial charge is 0.507 e. The quantitative estimate of drug-likeness (QED) is 0.706. The van der Waals surface area contributed by atoms with Gasteiger partial charge in [-0.25, -0.2) is 0 Å². The van der Waals surface area contributed by atoms with Crippen molar-refractivity contribution in [1.29, 1.82) is 0 Å². The molecule has 0 radical (unpaired) electrons. The Morgan fingerprint density at radius 3 is 2.54 bits per heavy atom. The second-order valence-electron chi connectivity index (χ2n) is 7.35. The summed E-state index contributed by atoms with van der Waals surface area (Å²) in [6.07, 6.45) is 1.65. The molecule has 28 heavy (non-hydrogen) atoms. The summed E-state index contributed by atoms with van der Waals surface area (Å²) in [4.78, 5) is 15.3. The van der Waals surface area contributed by atoms with Crippen LogP contribution in [0.2, 0.25) is 5.02 Å². The zero-order valence-electron chi connectivity index (χ0n) is 15.8. The molecule has 0 saturated carbocycles. The topological polar surface area (TPSA) is 62.9 Å². The van der Waals surface area contributed by atoms with Crippen molar-refractivity contribution in [1.82, 2.24) is 4.90 Å². The lowest BCUT2D eigenvalue weighted by Crippen LogP contribution is -2.44. The first kappa shape index (κ1) is 19.0. The molecule has 1 saturated heterocycles. The van der Waals surface area contributed by atoms with Crippen LogP contribution >= 0.6 is 11.6 Å². The van der Waals surface area contributed by atoms with Crippen LogP contribution in [0.25, 0.3) is 22.1 Å². The van der Waals surface area contributed by atoms with E-state index in [0.29, 0.717) is 39.2 Å². The van der Waals surface area contributed by atoms with Gasteiger partial charge < -0.3 is 14.3 Å². The Kier molecular flexibility index (Phi) is 5.15. The fourth-order valence-corrected chi connectivity index (χ4v) is 4.14. The lowest BCUT2D eigenvalue weighted by atomic mass is 10.0. The molecule has 0 aliphatic carbocycles. The summed E-state index contributed by atoms with van der Waals surface area (Å²) in [6, 6.07) is 10.3. The normalized spacial score (nSPS) is 20.5. The molecule has 1 N–H and O–H groups in total. The summed E-state index contributed by atoms with van der Waals surface area (Å²) in [6.45, 7) is 6.04. The molecule has 0 bridgehead atoms. The first-order valence-electron chi connectivity index (χ1n) is 9.33. The molecule has 1 aliphatic heterocycles. The lowest BCUT2D eigenvalue weighted by Gasteiger charge is -2.35. The van der Waals surface area contributed by atoms with Gasteiger partial charge in [0.25, 0.3) is 0 Å². The molecule has 1 aromatic heterocycles. The molecule has 1 aliphatic rings. The van der Waals surface area contributed by atoms with E-state index in [9.17, 15) is 9.90 Å². The van der Waals surface area contributed by atoms with E-state index >= 15 is 0 Å². The number of nitrogens with zero attached hydrogens (tertiary/aromatic N) is 1. The van der Waals surface area contributed by atoms with Gasteiger partial charge in [-0.05, 0) is 32.0 Å². The number of fused-ring (bicyclic) bond motifs is 1. The standard InChI is InChI=1S/C22H22ClNO4/c1-13-9-24(10-14(2)28-13)11-17-20(25)8-7-16-21(26)18(12-27-22(16)17)15-5-3-4-6-19(15)23/h3-8,12-14,25H,9-11H2,1-2H3/t13-,14-/m1/s1. The van der Waals surface area contributed by atoms with E-state index in [4.69, 9.17) is 20.8 Å². The monoisotopic (exact) mass is 399 g/mol. The highest BCUT2D eigenvalue weighted by Crippen LogP contribution is 2.31.